The third-order valence-corrected chi connectivity index (χ3v) is 2.80. The van der Waals surface area contributed by atoms with Crippen LogP contribution in [0.15, 0.2) is 41.3 Å². The third kappa shape index (κ3) is 2.14. The van der Waals surface area contributed by atoms with Gasteiger partial charge < -0.3 is 5.32 Å². The lowest BCUT2D eigenvalue weighted by Crippen LogP contribution is -2.01. The molecule has 20 heavy (non-hydrogen) atoms. The Morgan fingerprint density at radius 1 is 1.25 bits per heavy atom. The summed E-state index contributed by atoms with van der Waals surface area (Å²) >= 11 is 0. The lowest BCUT2D eigenvalue weighted by Gasteiger charge is -2.05. The van der Waals surface area contributed by atoms with E-state index in [1.165, 1.54) is 6.07 Å². The summed E-state index contributed by atoms with van der Waals surface area (Å²) in [4.78, 5) is 14.4. The van der Waals surface area contributed by atoms with Gasteiger partial charge in [0.25, 0.3) is 0 Å². The summed E-state index contributed by atoms with van der Waals surface area (Å²) < 4.78 is 4.59. The lowest BCUT2D eigenvalue weighted by atomic mass is 10.2. The molecule has 2 heterocycles. The molecule has 3 rings (SSSR count). The highest BCUT2D eigenvalue weighted by Crippen LogP contribution is 2.28. The maximum absolute atomic E-state index is 10.9. The molecule has 0 aliphatic rings. The third-order valence-electron chi connectivity index (χ3n) is 2.80. The predicted octanol–water partition coefficient (Wildman–Crippen LogP) is 2.14. The first-order valence-corrected chi connectivity index (χ1v) is 5.78. The molecule has 0 bridgehead atoms. The number of nitro benzene ring substituents is 1. The number of rotatable bonds is 4. The highest BCUT2D eigenvalue weighted by molar-refractivity contribution is 5.93. The first-order chi connectivity index (χ1) is 9.75. The molecular formula is C12H9N5O3. The smallest absolute Gasteiger partial charge is 0.300 e. The molecule has 0 saturated carbocycles. The van der Waals surface area contributed by atoms with Gasteiger partial charge in [-0.05, 0) is 28.0 Å². The maximum Gasteiger partial charge on any atom is 0.300 e. The zero-order valence-corrected chi connectivity index (χ0v) is 10.2. The van der Waals surface area contributed by atoms with Gasteiger partial charge in [0.2, 0.25) is 5.52 Å². The fourth-order valence-electron chi connectivity index (χ4n) is 1.84. The van der Waals surface area contributed by atoms with Crippen LogP contribution in [0.5, 0.6) is 0 Å². The van der Waals surface area contributed by atoms with Crippen molar-refractivity contribution in [2.45, 2.75) is 6.54 Å². The highest BCUT2D eigenvalue weighted by atomic mass is 16.6. The van der Waals surface area contributed by atoms with Crippen molar-refractivity contribution in [2.75, 3.05) is 5.32 Å². The van der Waals surface area contributed by atoms with Gasteiger partial charge in [-0.3, -0.25) is 15.1 Å². The first-order valence-electron chi connectivity index (χ1n) is 5.78. The second kappa shape index (κ2) is 4.92. The van der Waals surface area contributed by atoms with Gasteiger partial charge in [-0.2, -0.15) is 0 Å². The van der Waals surface area contributed by atoms with Gasteiger partial charge in [-0.15, -0.1) is 0 Å². The molecule has 0 saturated heterocycles. The second-order valence-electron chi connectivity index (χ2n) is 4.07. The Labute approximate surface area is 112 Å². The SMILES string of the molecule is O=[N+]([O-])c1ccc(NCc2cccnc2)c2nonc12. The van der Waals surface area contributed by atoms with E-state index in [1.807, 2.05) is 12.1 Å². The quantitative estimate of drug-likeness (QED) is 0.572. The molecule has 0 radical (unpaired) electrons. The molecular weight excluding hydrogens is 262 g/mol. The van der Waals surface area contributed by atoms with Gasteiger partial charge in [0.15, 0.2) is 5.52 Å². The van der Waals surface area contributed by atoms with Gasteiger partial charge in [0.05, 0.1) is 10.6 Å². The fourth-order valence-corrected chi connectivity index (χ4v) is 1.84. The molecule has 2 aromatic heterocycles. The Morgan fingerprint density at radius 2 is 2.10 bits per heavy atom. The summed E-state index contributed by atoms with van der Waals surface area (Å²) in [6.07, 6.45) is 3.42. The van der Waals surface area contributed by atoms with Crippen molar-refractivity contribution in [1.29, 1.82) is 0 Å². The molecule has 100 valence electrons. The van der Waals surface area contributed by atoms with Gasteiger partial charge >= 0.3 is 5.69 Å². The number of nitrogens with one attached hydrogen (secondary N) is 1. The molecule has 8 heteroatoms. The van der Waals surface area contributed by atoms with Crippen molar-refractivity contribution in [3.05, 3.63) is 52.3 Å². The number of nitrogens with zero attached hydrogens (tertiary/aromatic N) is 4. The minimum Gasteiger partial charge on any atom is -0.379 e. The Bertz CT molecular complexity index is 756. The Kier molecular flexibility index (Phi) is 2.96. The molecule has 0 aliphatic heterocycles. The van der Waals surface area contributed by atoms with E-state index in [1.54, 1.807) is 18.5 Å². The molecule has 3 aromatic rings. The van der Waals surface area contributed by atoms with Crippen LogP contribution in [-0.4, -0.2) is 20.2 Å². The van der Waals surface area contributed by atoms with Gasteiger partial charge in [-0.1, -0.05) is 6.07 Å². The van der Waals surface area contributed by atoms with Crippen molar-refractivity contribution in [3.63, 3.8) is 0 Å². The molecule has 0 atom stereocenters. The number of benzene rings is 1. The Morgan fingerprint density at radius 3 is 2.85 bits per heavy atom. The van der Waals surface area contributed by atoms with Crippen LogP contribution in [0.4, 0.5) is 11.4 Å². The summed E-state index contributed by atoms with van der Waals surface area (Å²) in [6, 6.07) is 6.71. The molecule has 0 spiro atoms. The van der Waals surface area contributed by atoms with Crippen molar-refractivity contribution in [2.24, 2.45) is 0 Å². The summed E-state index contributed by atoms with van der Waals surface area (Å²) in [5, 5.41) is 21.3. The van der Waals surface area contributed by atoms with E-state index in [0.717, 1.165) is 5.56 Å². The molecule has 1 aromatic carbocycles. The van der Waals surface area contributed by atoms with Gasteiger partial charge in [0.1, 0.15) is 0 Å². The molecule has 8 nitrogen and oxygen atoms in total. The van der Waals surface area contributed by atoms with Crippen LogP contribution in [0.25, 0.3) is 11.0 Å². The van der Waals surface area contributed by atoms with Crippen molar-refractivity contribution < 1.29 is 9.55 Å². The van der Waals surface area contributed by atoms with Gasteiger partial charge in [0, 0.05) is 25.0 Å². The standard InChI is InChI=1S/C12H9N5O3/c18-17(19)10-4-3-9(11-12(10)16-20-15-11)14-7-8-2-1-5-13-6-8/h1-6,14H,7H2. The van der Waals surface area contributed by atoms with E-state index in [2.05, 4.69) is 25.2 Å². The second-order valence-corrected chi connectivity index (χ2v) is 4.07. The van der Waals surface area contributed by atoms with Crippen LogP contribution >= 0.6 is 0 Å². The number of aromatic nitrogens is 3. The summed E-state index contributed by atoms with van der Waals surface area (Å²) in [5.41, 5.74) is 1.94. The summed E-state index contributed by atoms with van der Waals surface area (Å²) in [6.45, 7) is 0.521. The van der Waals surface area contributed by atoms with Crippen LogP contribution in [-0.2, 0) is 6.54 Å². The zero-order valence-electron chi connectivity index (χ0n) is 10.2. The van der Waals surface area contributed by atoms with Crippen LogP contribution in [0.3, 0.4) is 0 Å². The van der Waals surface area contributed by atoms with Crippen LogP contribution < -0.4 is 5.32 Å². The first kappa shape index (κ1) is 12.0. The van der Waals surface area contributed by atoms with E-state index < -0.39 is 4.92 Å². The summed E-state index contributed by atoms with van der Waals surface area (Å²) in [5.74, 6) is 0. The largest absolute Gasteiger partial charge is 0.379 e. The number of fused-ring (bicyclic) bond motifs is 1. The van der Waals surface area contributed by atoms with Crippen molar-refractivity contribution in [1.82, 2.24) is 15.3 Å². The molecule has 0 amide bonds. The summed E-state index contributed by atoms with van der Waals surface area (Å²) in [7, 11) is 0. The topological polar surface area (TPSA) is 107 Å². The molecule has 0 fully saturated rings. The minimum atomic E-state index is -0.516. The monoisotopic (exact) mass is 271 g/mol. The van der Waals surface area contributed by atoms with E-state index in [0.29, 0.717) is 17.7 Å². The maximum atomic E-state index is 10.9. The number of nitro groups is 1. The van der Waals surface area contributed by atoms with E-state index in [4.69, 9.17) is 0 Å². The number of non-ortho nitro benzene ring substituents is 1. The van der Waals surface area contributed by atoms with Crippen LogP contribution in [0.2, 0.25) is 0 Å². The number of hydrogen-bond acceptors (Lipinski definition) is 7. The van der Waals surface area contributed by atoms with Crippen LogP contribution in [0.1, 0.15) is 5.56 Å². The van der Waals surface area contributed by atoms with Crippen LogP contribution in [0, 0.1) is 10.1 Å². The van der Waals surface area contributed by atoms with E-state index in [-0.39, 0.29) is 11.2 Å². The molecule has 1 N–H and O–H groups in total. The average molecular weight is 271 g/mol. The van der Waals surface area contributed by atoms with Gasteiger partial charge in [-0.25, -0.2) is 4.63 Å². The van der Waals surface area contributed by atoms with Crippen molar-refractivity contribution >= 4 is 22.4 Å². The van der Waals surface area contributed by atoms with Crippen molar-refractivity contribution in [3.8, 4) is 0 Å². The zero-order chi connectivity index (χ0) is 13.9. The average Bonchev–Trinajstić information content (AvgIpc) is 2.95. The fraction of sp³-hybridized carbons (Fsp3) is 0.0833. The molecule has 0 aliphatic carbocycles. The molecule has 0 unspecified atom stereocenters. The van der Waals surface area contributed by atoms with E-state index >= 15 is 0 Å². The number of hydrogen-bond donors (Lipinski definition) is 1. The van der Waals surface area contributed by atoms with E-state index in [9.17, 15) is 10.1 Å². The number of anilines is 1. The normalized spacial score (nSPS) is 10.6. The number of pyridine rings is 1. The minimum absolute atomic E-state index is 0.131. The highest BCUT2D eigenvalue weighted by Gasteiger charge is 2.19. The Balaban J connectivity index is 1.91. The Hall–Kier alpha value is -3.03. The lowest BCUT2D eigenvalue weighted by molar-refractivity contribution is -0.383. The predicted molar refractivity (Wildman–Crippen MR) is 70.0 cm³/mol.